The fourth-order valence-corrected chi connectivity index (χ4v) is 2.46. The number of likely N-dealkylation sites (N-methyl/N-ethyl adjacent to an activating group) is 2. The lowest BCUT2D eigenvalue weighted by Gasteiger charge is -2.39. The average molecular weight is 227 g/mol. The molecule has 2 atom stereocenters. The first-order chi connectivity index (χ1) is 7.70. The zero-order valence-corrected chi connectivity index (χ0v) is 10.8. The van der Waals surface area contributed by atoms with Gasteiger partial charge in [-0.25, -0.2) is 0 Å². The molecule has 0 saturated carbocycles. The lowest BCUT2D eigenvalue weighted by atomic mass is 9.99. The maximum atomic E-state index is 11.8. The number of piperidine rings is 1. The van der Waals surface area contributed by atoms with Crippen molar-refractivity contribution in [3.05, 3.63) is 0 Å². The van der Waals surface area contributed by atoms with Crippen molar-refractivity contribution in [2.24, 2.45) is 0 Å². The van der Waals surface area contributed by atoms with Crippen LogP contribution in [0, 0.1) is 0 Å². The molecule has 2 N–H and O–H groups in total. The average Bonchev–Trinajstić information content (AvgIpc) is 2.29. The Balaban J connectivity index is 2.55. The second kappa shape index (κ2) is 6.86. The molecule has 1 rings (SSSR count). The summed E-state index contributed by atoms with van der Waals surface area (Å²) in [5.41, 5.74) is 0. The minimum absolute atomic E-state index is 0.00130. The van der Waals surface area contributed by atoms with E-state index in [9.17, 15) is 4.79 Å². The minimum Gasteiger partial charge on any atom is -0.355 e. The van der Waals surface area contributed by atoms with Crippen molar-refractivity contribution in [3.8, 4) is 0 Å². The molecule has 0 aromatic carbocycles. The van der Waals surface area contributed by atoms with Gasteiger partial charge in [-0.2, -0.15) is 0 Å². The third-order valence-corrected chi connectivity index (χ3v) is 3.34. The number of amides is 1. The fourth-order valence-electron chi connectivity index (χ4n) is 2.46. The number of nitrogens with zero attached hydrogens (tertiary/aromatic N) is 1. The Hall–Kier alpha value is -0.610. The molecule has 0 bridgehead atoms. The standard InChI is InChI=1S/C12H25N3O/c1-4-14-12(16)10(2)15-8-6-5-7-11(15)9-13-3/h10-11,13H,4-9H2,1-3H3,(H,14,16). The lowest BCUT2D eigenvalue weighted by Crippen LogP contribution is -2.54. The number of carbonyl (C=O) groups is 1. The molecular formula is C12H25N3O. The number of rotatable bonds is 5. The fraction of sp³-hybridized carbons (Fsp3) is 0.917. The van der Waals surface area contributed by atoms with Crippen LogP contribution in [0.25, 0.3) is 0 Å². The molecular weight excluding hydrogens is 202 g/mol. The molecule has 0 aromatic rings. The Morgan fingerprint density at radius 1 is 1.50 bits per heavy atom. The van der Waals surface area contributed by atoms with Gasteiger partial charge >= 0.3 is 0 Å². The van der Waals surface area contributed by atoms with E-state index in [1.54, 1.807) is 0 Å². The smallest absolute Gasteiger partial charge is 0.237 e. The number of nitrogens with one attached hydrogen (secondary N) is 2. The lowest BCUT2D eigenvalue weighted by molar-refractivity contribution is -0.127. The first kappa shape index (κ1) is 13.5. The van der Waals surface area contributed by atoms with E-state index in [0.717, 1.165) is 13.1 Å². The highest BCUT2D eigenvalue weighted by atomic mass is 16.2. The predicted molar refractivity (Wildman–Crippen MR) is 66.4 cm³/mol. The van der Waals surface area contributed by atoms with Gasteiger partial charge in [-0.05, 0) is 40.3 Å². The molecule has 0 radical (unpaired) electrons. The monoisotopic (exact) mass is 227 g/mol. The molecule has 1 heterocycles. The van der Waals surface area contributed by atoms with Crippen molar-refractivity contribution < 1.29 is 4.79 Å². The summed E-state index contributed by atoms with van der Waals surface area (Å²) in [6.07, 6.45) is 3.69. The van der Waals surface area contributed by atoms with Gasteiger partial charge < -0.3 is 10.6 Å². The topological polar surface area (TPSA) is 44.4 Å². The van der Waals surface area contributed by atoms with Crippen LogP contribution in [0.3, 0.4) is 0 Å². The first-order valence-corrected chi connectivity index (χ1v) is 6.38. The molecule has 1 aliphatic heterocycles. The molecule has 0 spiro atoms. The van der Waals surface area contributed by atoms with Gasteiger partial charge in [0.2, 0.25) is 5.91 Å². The molecule has 0 aromatic heterocycles. The van der Waals surface area contributed by atoms with Crippen LogP contribution in [0.5, 0.6) is 0 Å². The van der Waals surface area contributed by atoms with Crippen LogP contribution in [0.1, 0.15) is 33.1 Å². The SMILES string of the molecule is CCNC(=O)C(C)N1CCCCC1CNC. The minimum atomic E-state index is -0.00130. The highest BCUT2D eigenvalue weighted by Crippen LogP contribution is 2.19. The zero-order chi connectivity index (χ0) is 12.0. The van der Waals surface area contributed by atoms with E-state index in [1.165, 1.54) is 19.3 Å². The van der Waals surface area contributed by atoms with Crippen molar-refractivity contribution in [2.75, 3.05) is 26.7 Å². The Labute approximate surface area is 98.8 Å². The van der Waals surface area contributed by atoms with Gasteiger partial charge in [0.1, 0.15) is 0 Å². The maximum absolute atomic E-state index is 11.8. The predicted octanol–water partition coefficient (Wildman–Crippen LogP) is 0.585. The molecule has 16 heavy (non-hydrogen) atoms. The number of hydrogen-bond donors (Lipinski definition) is 2. The van der Waals surface area contributed by atoms with Gasteiger partial charge in [0, 0.05) is 19.1 Å². The van der Waals surface area contributed by atoms with Gasteiger partial charge in [0.25, 0.3) is 0 Å². The van der Waals surface area contributed by atoms with Crippen LogP contribution in [0.2, 0.25) is 0 Å². The molecule has 4 nitrogen and oxygen atoms in total. The van der Waals surface area contributed by atoms with Crippen molar-refractivity contribution in [3.63, 3.8) is 0 Å². The van der Waals surface area contributed by atoms with Crippen LogP contribution in [0.15, 0.2) is 0 Å². The summed E-state index contributed by atoms with van der Waals surface area (Å²) in [5, 5.41) is 6.12. The van der Waals surface area contributed by atoms with E-state index in [-0.39, 0.29) is 11.9 Å². The quantitative estimate of drug-likeness (QED) is 0.722. The Morgan fingerprint density at radius 3 is 2.88 bits per heavy atom. The van der Waals surface area contributed by atoms with Crippen LogP contribution in [-0.4, -0.2) is 49.6 Å². The van der Waals surface area contributed by atoms with E-state index in [4.69, 9.17) is 0 Å². The van der Waals surface area contributed by atoms with Crippen LogP contribution in [-0.2, 0) is 4.79 Å². The van der Waals surface area contributed by atoms with Crippen molar-refractivity contribution in [1.82, 2.24) is 15.5 Å². The van der Waals surface area contributed by atoms with E-state index < -0.39 is 0 Å². The van der Waals surface area contributed by atoms with Crippen molar-refractivity contribution >= 4 is 5.91 Å². The number of hydrogen-bond acceptors (Lipinski definition) is 3. The second-order valence-electron chi connectivity index (χ2n) is 4.52. The molecule has 2 unspecified atom stereocenters. The summed E-state index contributed by atoms with van der Waals surface area (Å²) in [4.78, 5) is 14.2. The van der Waals surface area contributed by atoms with Gasteiger partial charge in [-0.15, -0.1) is 0 Å². The Bertz CT molecular complexity index is 218. The van der Waals surface area contributed by atoms with E-state index in [2.05, 4.69) is 15.5 Å². The summed E-state index contributed by atoms with van der Waals surface area (Å²) in [7, 11) is 1.98. The summed E-state index contributed by atoms with van der Waals surface area (Å²) >= 11 is 0. The van der Waals surface area contributed by atoms with Crippen molar-refractivity contribution in [2.45, 2.75) is 45.2 Å². The Kier molecular flexibility index (Phi) is 5.77. The summed E-state index contributed by atoms with van der Waals surface area (Å²) < 4.78 is 0. The molecule has 1 aliphatic rings. The normalized spacial score (nSPS) is 24.1. The van der Waals surface area contributed by atoms with Gasteiger partial charge in [0.15, 0.2) is 0 Å². The molecule has 1 saturated heterocycles. The third kappa shape index (κ3) is 3.46. The zero-order valence-electron chi connectivity index (χ0n) is 10.8. The van der Waals surface area contributed by atoms with Gasteiger partial charge in [0.05, 0.1) is 6.04 Å². The van der Waals surface area contributed by atoms with Crippen LogP contribution < -0.4 is 10.6 Å². The van der Waals surface area contributed by atoms with E-state index in [1.807, 2.05) is 20.9 Å². The van der Waals surface area contributed by atoms with Crippen LogP contribution >= 0.6 is 0 Å². The van der Waals surface area contributed by atoms with E-state index in [0.29, 0.717) is 12.6 Å². The second-order valence-corrected chi connectivity index (χ2v) is 4.52. The molecule has 94 valence electrons. The first-order valence-electron chi connectivity index (χ1n) is 6.38. The molecule has 1 amide bonds. The summed E-state index contributed by atoms with van der Waals surface area (Å²) in [6.45, 7) is 6.72. The van der Waals surface area contributed by atoms with E-state index >= 15 is 0 Å². The largest absolute Gasteiger partial charge is 0.355 e. The van der Waals surface area contributed by atoms with Crippen LogP contribution in [0.4, 0.5) is 0 Å². The molecule has 4 heteroatoms. The highest BCUT2D eigenvalue weighted by Gasteiger charge is 2.29. The van der Waals surface area contributed by atoms with Gasteiger partial charge in [-0.1, -0.05) is 6.42 Å². The number of carbonyl (C=O) groups excluding carboxylic acids is 1. The van der Waals surface area contributed by atoms with Crippen molar-refractivity contribution in [1.29, 1.82) is 0 Å². The summed E-state index contributed by atoms with van der Waals surface area (Å²) in [6, 6.07) is 0.509. The Morgan fingerprint density at radius 2 is 2.25 bits per heavy atom. The summed E-state index contributed by atoms with van der Waals surface area (Å²) in [5.74, 6) is 0.158. The maximum Gasteiger partial charge on any atom is 0.237 e. The number of likely N-dealkylation sites (tertiary alicyclic amines) is 1. The molecule has 0 aliphatic carbocycles. The highest BCUT2D eigenvalue weighted by molar-refractivity contribution is 5.81. The van der Waals surface area contributed by atoms with Gasteiger partial charge in [-0.3, -0.25) is 9.69 Å². The molecule has 1 fully saturated rings. The third-order valence-electron chi connectivity index (χ3n) is 3.34.